The number of nitrogens with zero attached hydrogens (tertiary/aromatic N) is 1. The van der Waals surface area contributed by atoms with Gasteiger partial charge < -0.3 is 10.4 Å². The van der Waals surface area contributed by atoms with E-state index in [2.05, 4.69) is 5.32 Å². The summed E-state index contributed by atoms with van der Waals surface area (Å²) in [4.78, 5) is 24.6. The van der Waals surface area contributed by atoms with Crippen LogP contribution >= 0.6 is 35.6 Å². The summed E-state index contributed by atoms with van der Waals surface area (Å²) in [5.41, 5.74) is 0.457. The number of carbonyl (C=O) groups is 2. The fourth-order valence-electron chi connectivity index (χ4n) is 2.16. The second-order valence-corrected chi connectivity index (χ2v) is 5.57. The summed E-state index contributed by atoms with van der Waals surface area (Å²) in [5.74, 6) is -1.44. The Morgan fingerprint density at radius 3 is 2.71 bits per heavy atom. The number of hydrogen-bond acceptors (Lipinski definition) is 3. The molecule has 1 amide bonds. The molecule has 0 aliphatic carbocycles. The van der Waals surface area contributed by atoms with Crippen molar-refractivity contribution in [3.63, 3.8) is 0 Å². The zero-order valence-electron chi connectivity index (χ0n) is 11.0. The average molecular weight is 354 g/mol. The molecule has 21 heavy (non-hydrogen) atoms. The van der Waals surface area contributed by atoms with Gasteiger partial charge in [0.1, 0.15) is 0 Å². The minimum atomic E-state index is -0.814. The third-order valence-corrected chi connectivity index (χ3v) is 3.76. The Morgan fingerprint density at radius 1 is 1.38 bits per heavy atom. The fourth-order valence-corrected chi connectivity index (χ4v) is 2.50. The van der Waals surface area contributed by atoms with E-state index >= 15 is 0 Å². The Hall–Kier alpha value is -1.01. The highest BCUT2D eigenvalue weighted by atomic mass is 35.5. The molecule has 0 bridgehead atoms. The van der Waals surface area contributed by atoms with Crippen LogP contribution in [0.1, 0.15) is 6.42 Å². The topological polar surface area (TPSA) is 69.6 Å². The van der Waals surface area contributed by atoms with Crippen LogP contribution in [0, 0.1) is 5.92 Å². The maximum atomic E-state index is 11.9. The Kier molecular flexibility index (Phi) is 6.74. The summed E-state index contributed by atoms with van der Waals surface area (Å²) in [6.07, 6.45) is 0.570. The number of halogens is 3. The fraction of sp³-hybridized carbons (Fsp3) is 0.385. The molecule has 0 saturated carbocycles. The van der Waals surface area contributed by atoms with Crippen LogP contribution in [0.25, 0.3) is 0 Å². The first-order valence-electron chi connectivity index (χ1n) is 6.16. The van der Waals surface area contributed by atoms with E-state index in [0.29, 0.717) is 35.2 Å². The number of likely N-dealkylation sites (tertiary alicyclic amines) is 1. The van der Waals surface area contributed by atoms with E-state index in [1.165, 1.54) is 0 Å². The number of benzene rings is 1. The Labute approximate surface area is 138 Å². The molecule has 2 N–H and O–H groups in total. The highest BCUT2D eigenvalue weighted by Crippen LogP contribution is 2.25. The number of nitrogens with one attached hydrogen (secondary N) is 1. The third-order valence-electron chi connectivity index (χ3n) is 3.19. The number of aliphatic carboxylic acids is 1. The van der Waals surface area contributed by atoms with Crippen LogP contribution in [0.2, 0.25) is 10.0 Å². The molecular weight excluding hydrogens is 339 g/mol. The summed E-state index contributed by atoms with van der Waals surface area (Å²) in [6, 6.07) is 4.82. The molecule has 5 nitrogen and oxygen atoms in total. The van der Waals surface area contributed by atoms with Crippen molar-refractivity contribution in [2.24, 2.45) is 5.92 Å². The van der Waals surface area contributed by atoms with Gasteiger partial charge in [0.25, 0.3) is 0 Å². The molecule has 0 radical (unpaired) electrons. The monoisotopic (exact) mass is 352 g/mol. The molecule has 1 aliphatic rings. The SMILES string of the molecule is Cl.O=C(CN1CCC(C(=O)O)C1)Nc1cc(Cl)ccc1Cl. The van der Waals surface area contributed by atoms with Crippen LogP contribution < -0.4 is 5.32 Å². The highest BCUT2D eigenvalue weighted by molar-refractivity contribution is 6.35. The number of carbonyl (C=O) groups excluding carboxylic acids is 1. The van der Waals surface area contributed by atoms with Gasteiger partial charge in [0.15, 0.2) is 0 Å². The van der Waals surface area contributed by atoms with E-state index in [1.807, 2.05) is 4.90 Å². The molecule has 116 valence electrons. The van der Waals surface area contributed by atoms with Crippen LogP contribution in [0.4, 0.5) is 5.69 Å². The quantitative estimate of drug-likeness (QED) is 0.873. The van der Waals surface area contributed by atoms with Crippen LogP contribution in [-0.2, 0) is 9.59 Å². The smallest absolute Gasteiger partial charge is 0.307 e. The van der Waals surface area contributed by atoms with Crippen LogP contribution in [0.3, 0.4) is 0 Å². The molecule has 0 spiro atoms. The maximum Gasteiger partial charge on any atom is 0.307 e. The largest absolute Gasteiger partial charge is 0.481 e. The molecule has 1 aromatic carbocycles. The summed E-state index contributed by atoms with van der Waals surface area (Å²) < 4.78 is 0. The number of anilines is 1. The van der Waals surface area contributed by atoms with E-state index in [0.717, 1.165) is 0 Å². The molecule has 1 unspecified atom stereocenters. The van der Waals surface area contributed by atoms with Crippen LogP contribution in [0.5, 0.6) is 0 Å². The Balaban J connectivity index is 0.00000220. The van der Waals surface area contributed by atoms with Crippen molar-refractivity contribution in [2.45, 2.75) is 6.42 Å². The van der Waals surface area contributed by atoms with E-state index < -0.39 is 11.9 Å². The zero-order chi connectivity index (χ0) is 14.7. The van der Waals surface area contributed by atoms with Gasteiger partial charge in [-0.15, -0.1) is 12.4 Å². The van der Waals surface area contributed by atoms with Crippen LogP contribution in [-0.4, -0.2) is 41.5 Å². The first kappa shape index (κ1) is 18.0. The van der Waals surface area contributed by atoms with Crippen molar-refractivity contribution in [3.8, 4) is 0 Å². The second kappa shape index (κ2) is 7.84. The lowest BCUT2D eigenvalue weighted by atomic mass is 10.1. The average Bonchev–Trinajstić information content (AvgIpc) is 2.82. The van der Waals surface area contributed by atoms with E-state index in [4.69, 9.17) is 28.3 Å². The molecule has 2 rings (SSSR count). The van der Waals surface area contributed by atoms with Gasteiger partial charge in [-0.2, -0.15) is 0 Å². The molecule has 8 heteroatoms. The Morgan fingerprint density at radius 2 is 2.10 bits per heavy atom. The number of carboxylic acid groups (broad SMARTS) is 1. The van der Waals surface area contributed by atoms with Crippen molar-refractivity contribution in [2.75, 3.05) is 25.0 Å². The van der Waals surface area contributed by atoms with Gasteiger partial charge in [-0.1, -0.05) is 23.2 Å². The predicted molar refractivity (Wildman–Crippen MR) is 84.5 cm³/mol. The number of rotatable bonds is 4. The van der Waals surface area contributed by atoms with Gasteiger partial charge in [0.05, 0.1) is 23.2 Å². The summed E-state index contributed by atoms with van der Waals surface area (Å²) >= 11 is 11.8. The van der Waals surface area contributed by atoms with Crippen molar-refractivity contribution in [1.29, 1.82) is 0 Å². The molecule has 1 fully saturated rings. The number of amides is 1. The third kappa shape index (κ3) is 5.04. The summed E-state index contributed by atoms with van der Waals surface area (Å²) in [7, 11) is 0. The van der Waals surface area contributed by atoms with Crippen molar-refractivity contribution in [1.82, 2.24) is 4.90 Å². The van der Waals surface area contributed by atoms with Gasteiger partial charge >= 0.3 is 5.97 Å². The lowest BCUT2D eigenvalue weighted by Crippen LogP contribution is -2.32. The van der Waals surface area contributed by atoms with Gasteiger partial charge in [-0.25, -0.2) is 0 Å². The standard InChI is InChI=1S/C13H14Cl2N2O3.ClH/c14-9-1-2-10(15)11(5-9)16-12(18)7-17-4-3-8(6-17)13(19)20;/h1-2,5,8H,3-4,6-7H2,(H,16,18)(H,19,20);1H. The van der Waals surface area contributed by atoms with Gasteiger partial charge in [0, 0.05) is 11.6 Å². The minimum absolute atomic E-state index is 0. The van der Waals surface area contributed by atoms with Crippen molar-refractivity contribution >= 4 is 53.2 Å². The highest BCUT2D eigenvalue weighted by Gasteiger charge is 2.28. The Bertz CT molecular complexity index is 539. The summed E-state index contributed by atoms with van der Waals surface area (Å²) in [6.45, 7) is 1.15. The molecule has 1 heterocycles. The van der Waals surface area contributed by atoms with Crippen molar-refractivity contribution in [3.05, 3.63) is 28.2 Å². The lowest BCUT2D eigenvalue weighted by Gasteiger charge is -2.15. The van der Waals surface area contributed by atoms with E-state index in [1.54, 1.807) is 18.2 Å². The molecule has 1 atom stereocenters. The maximum absolute atomic E-state index is 11.9. The molecule has 1 saturated heterocycles. The van der Waals surface area contributed by atoms with Crippen molar-refractivity contribution < 1.29 is 14.7 Å². The number of hydrogen-bond donors (Lipinski definition) is 2. The van der Waals surface area contributed by atoms with E-state index in [-0.39, 0.29) is 24.9 Å². The minimum Gasteiger partial charge on any atom is -0.481 e. The molecule has 1 aromatic rings. The second-order valence-electron chi connectivity index (χ2n) is 4.73. The normalized spacial score (nSPS) is 18.1. The van der Waals surface area contributed by atoms with Gasteiger partial charge in [0.2, 0.25) is 5.91 Å². The lowest BCUT2D eigenvalue weighted by molar-refractivity contribution is -0.141. The summed E-state index contributed by atoms with van der Waals surface area (Å²) in [5, 5.41) is 12.5. The number of carboxylic acids is 1. The molecule has 0 aromatic heterocycles. The predicted octanol–water partition coefficient (Wildman–Crippen LogP) is 2.76. The first-order chi connectivity index (χ1) is 9.45. The van der Waals surface area contributed by atoms with E-state index in [9.17, 15) is 9.59 Å². The van der Waals surface area contributed by atoms with Crippen LogP contribution in [0.15, 0.2) is 18.2 Å². The molecular formula is C13H15Cl3N2O3. The molecule has 1 aliphatic heterocycles. The van der Waals surface area contributed by atoms with Gasteiger partial charge in [-0.3, -0.25) is 14.5 Å². The van der Waals surface area contributed by atoms with Gasteiger partial charge in [-0.05, 0) is 31.2 Å². The zero-order valence-corrected chi connectivity index (χ0v) is 13.3. The first-order valence-corrected chi connectivity index (χ1v) is 6.91.